The lowest BCUT2D eigenvalue weighted by Crippen LogP contribution is -2.38. The van der Waals surface area contributed by atoms with Crippen LogP contribution in [0.4, 0.5) is 4.79 Å². The number of carboxylic acid groups (broad SMARTS) is 1. The molecule has 9 nitrogen and oxygen atoms in total. The molecule has 2 aliphatic rings. The first-order chi connectivity index (χ1) is 16.0. The number of piperidine rings is 1. The van der Waals surface area contributed by atoms with Crippen LogP contribution in [0, 0.1) is 0 Å². The number of aromatic amines is 1. The van der Waals surface area contributed by atoms with E-state index in [0.717, 1.165) is 21.1 Å². The summed E-state index contributed by atoms with van der Waals surface area (Å²) >= 11 is 1.53. The molecule has 4 aromatic rings. The molecule has 10 heteroatoms. The summed E-state index contributed by atoms with van der Waals surface area (Å²) in [6.45, 7) is 0.853. The topological polar surface area (TPSA) is 120 Å². The summed E-state index contributed by atoms with van der Waals surface area (Å²) < 4.78 is 1.89. The van der Waals surface area contributed by atoms with E-state index in [1.807, 2.05) is 40.4 Å². The van der Waals surface area contributed by atoms with E-state index in [9.17, 15) is 19.5 Å². The van der Waals surface area contributed by atoms with Crippen molar-refractivity contribution in [3.8, 4) is 0 Å². The van der Waals surface area contributed by atoms with Crippen LogP contribution < -0.4 is 5.32 Å². The van der Waals surface area contributed by atoms with Crippen LogP contribution in [-0.4, -0.2) is 55.8 Å². The van der Waals surface area contributed by atoms with Gasteiger partial charge in [0.1, 0.15) is 10.5 Å². The minimum Gasteiger partial charge on any atom is -0.465 e. The van der Waals surface area contributed by atoms with E-state index >= 15 is 0 Å². The van der Waals surface area contributed by atoms with Crippen LogP contribution in [0.15, 0.2) is 41.9 Å². The van der Waals surface area contributed by atoms with Gasteiger partial charge >= 0.3 is 6.09 Å². The number of nitrogens with zero attached hydrogens (tertiary/aromatic N) is 3. The van der Waals surface area contributed by atoms with Gasteiger partial charge in [-0.3, -0.25) is 19.6 Å². The molecule has 5 heterocycles. The number of imide groups is 1. The largest absolute Gasteiger partial charge is 0.465 e. The van der Waals surface area contributed by atoms with E-state index in [1.165, 1.54) is 16.2 Å². The second-order valence-corrected chi connectivity index (χ2v) is 9.13. The van der Waals surface area contributed by atoms with Crippen molar-refractivity contribution < 1.29 is 19.5 Å². The molecule has 1 aromatic carbocycles. The monoisotopic (exact) mass is 461 g/mol. The third-order valence-electron chi connectivity index (χ3n) is 6.43. The lowest BCUT2D eigenvalue weighted by Gasteiger charge is -2.30. The zero-order valence-electron chi connectivity index (χ0n) is 17.4. The Morgan fingerprint density at radius 1 is 1.06 bits per heavy atom. The third-order valence-corrected chi connectivity index (χ3v) is 7.28. The summed E-state index contributed by atoms with van der Waals surface area (Å²) in [6.07, 6.45) is 2.10. The van der Waals surface area contributed by atoms with Crippen LogP contribution in [0.2, 0.25) is 0 Å². The second-order valence-electron chi connectivity index (χ2n) is 8.21. The Kier molecular flexibility index (Phi) is 4.37. The molecule has 166 valence electrons. The first-order valence-electron chi connectivity index (χ1n) is 10.6. The molecular weight excluding hydrogens is 442 g/mol. The standard InChI is InChI=1S/C23H19N5O4S/c29-20-17(15-11-24-22-13(15)7-10-33-22)18(21(30)25-20)19-14-3-1-2-4-16(14)28(26-19)12-5-8-27(9-6-12)23(31)32/h1-4,7,10-12,24H,5-6,8-9H2,(H,31,32)(H,25,29,30). The molecule has 2 aliphatic heterocycles. The lowest BCUT2D eigenvalue weighted by atomic mass is 9.98. The highest BCUT2D eigenvalue weighted by Gasteiger charge is 2.37. The zero-order valence-corrected chi connectivity index (χ0v) is 18.2. The van der Waals surface area contributed by atoms with Crippen LogP contribution >= 0.6 is 11.3 Å². The van der Waals surface area contributed by atoms with Crippen LogP contribution in [0.25, 0.3) is 32.3 Å². The van der Waals surface area contributed by atoms with Crippen LogP contribution in [0.5, 0.6) is 0 Å². The Labute approximate surface area is 191 Å². The van der Waals surface area contributed by atoms with Crippen LogP contribution in [0.1, 0.15) is 30.1 Å². The number of carbonyl (C=O) groups excluding carboxylic acids is 2. The van der Waals surface area contributed by atoms with E-state index in [1.54, 1.807) is 6.20 Å². The molecule has 0 aliphatic carbocycles. The van der Waals surface area contributed by atoms with Crippen molar-refractivity contribution in [2.45, 2.75) is 18.9 Å². The average Bonchev–Trinajstić information content (AvgIpc) is 3.56. The predicted molar refractivity (Wildman–Crippen MR) is 124 cm³/mol. The predicted octanol–water partition coefficient (Wildman–Crippen LogP) is 3.46. The molecule has 3 N–H and O–H groups in total. The fourth-order valence-corrected chi connectivity index (χ4v) is 5.62. The van der Waals surface area contributed by atoms with Gasteiger partial charge in [0.25, 0.3) is 11.8 Å². The van der Waals surface area contributed by atoms with Gasteiger partial charge in [0.15, 0.2) is 0 Å². The molecule has 0 unspecified atom stereocenters. The van der Waals surface area contributed by atoms with Gasteiger partial charge in [0, 0.05) is 35.6 Å². The molecule has 0 spiro atoms. The highest BCUT2D eigenvalue weighted by molar-refractivity contribution is 7.16. The quantitative estimate of drug-likeness (QED) is 0.404. The second kappa shape index (κ2) is 7.31. The fourth-order valence-electron chi connectivity index (χ4n) is 4.85. The Balaban J connectivity index is 1.52. The number of fused-ring (bicyclic) bond motifs is 2. The number of thiophene rings is 1. The molecule has 0 atom stereocenters. The molecular formula is C23H19N5O4S. The summed E-state index contributed by atoms with van der Waals surface area (Å²) in [5.74, 6) is -0.897. The maximum atomic E-state index is 13.0. The number of amides is 3. The van der Waals surface area contributed by atoms with Crippen molar-refractivity contribution in [1.82, 2.24) is 25.0 Å². The summed E-state index contributed by atoms with van der Waals surface area (Å²) in [7, 11) is 0. The Bertz CT molecular complexity index is 1480. The first kappa shape index (κ1) is 19.7. The SMILES string of the molecule is O=C1NC(=O)C(c2nn(C3CCN(C(=O)O)CC3)c3ccccc23)=C1c1c[nH]c2sccc12. The Morgan fingerprint density at radius 2 is 1.82 bits per heavy atom. The van der Waals surface area contributed by atoms with E-state index < -0.39 is 17.9 Å². The number of nitrogens with one attached hydrogen (secondary N) is 2. The van der Waals surface area contributed by atoms with E-state index in [0.29, 0.717) is 42.8 Å². The number of likely N-dealkylation sites (tertiary alicyclic amines) is 1. The maximum Gasteiger partial charge on any atom is 0.407 e. The van der Waals surface area contributed by atoms with Crippen molar-refractivity contribution >= 4 is 61.5 Å². The van der Waals surface area contributed by atoms with Gasteiger partial charge in [-0.05, 0) is 30.4 Å². The minimum atomic E-state index is -0.915. The normalized spacial score (nSPS) is 17.5. The zero-order chi connectivity index (χ0) is 22.7. The van der Waals surface area contributed by atoms with Crippen molar-refractivity contribution in [2.75, 3.05) is 13.1 Å². The van der Waals surface area contributed by atoms with Crippen molar-refractivity contribution in [2.24, 2.45) is 0 Å². The van der Waals surface area contributed by atoms with Gasteiger partial charge in [-0.25, -0.2) is 4.79 Å². The number of H-pyrrole nitrogens is 1. The van der Waals surface area contributed by atoms with Crippen LogP contribution in [-0.2, 0) is 9.59 Å². The Hall–Kier alpha value is -3.92. The molecule has 3 amide bonds. The highest BCUT2D eigenvalue weighted by Crippen LogP contribution is 2.39. The summed E-state index contributed by atoms with van der Waals surface area (Å²) in [5, 5.41) is 20.2. The third kappa shape index (κ3) is 2.98. The lowest BCUT2D eigenvalue weighted by molar-refractivity contribution is -0.122. The smallest absolute Gasteiger partial charge is 0.407 e. The minimum absolute atomic E-state index is 0.000644. The number of benzene rings is 1. The average molecular weight is 462 g/mol. The molecule has 3 aromatic heterocycles. The molecule has 6 rings (SSSR count). The van der Waals surface area contributed by atoms with Crippen LogP contribution in [0.3, 0.4) is 0 Å². The van der Waals surface area contributed by atoms with Gasteiger partial charge in [-0.1, -0.05) is 18.2 Å². The Morgan fingerprint density at radius 3 is 2.61 bits per heavy atom. The van der Waals surface area contributed by atoms with Gasteiger partial charge < -0.3 is 15.0 Å². The van der Waals surface area contributed by atoms with E-state index in [4.69, 9.17) is 5.10 Å². The van der Waals surface area contributed by atoms with E-state index in [2.05, 4.69) is 10.3 Å². The number of para-hydroxylation sites is 1. The molecule has 1 fully saturated rings. The van der Waals surface area contributed by atoms with Gasteiger partial charge in [0.2, 0.25) is 0 Å². The van der Waals surface area contributed by atoms with Gasteiger partial charge in [-0.2, -0.15) is 5.10 Å². The molecule has 0 saturated carbocycles. The van der Waals surface area contributed by atoms with Gasteiger partial charge in [0.05, 0.1) is 22.7 Å². The highest BCUT2D eigenvalue weighted by atomic mass is 32.1. The molecule has 33 heavy (non-hydrogen) atoms. The number of rotatable bonds is 3. The number of aromatic nitrogens is 3. The number of hydrogen-bond acceptors (Lipinski definition) is 5. The number of hydrogen-bond donors (Lipinski definition) is 3. The van der Waals surface area contributed by atoms with E-state index in [-0.39, 0.29) is 11.6 Å². The fraction of sp³-hybridized carbons (Fsp3) is 0.217. The first-order valence-corrected chi connectivity index (χ1v) is 11.5. The van der Waals surface area contributed by atoms with Crippen molar-refractivity contribution in [3.05, 3.63) is 53.2 Å². The maximum absolute atomic E-state index is 13.0. The summed E-state index contributed by atoms with van der Waals surface area (Å²) in [5.41, 5.74) is 2.59. The molecule has 1 saturated heterocycles. The van der Waals surface area contributed by atoms with Crippen molar-refractivity contribution in [1.29, 1.82) is 0 Å². The summed E-state index contributed by atoms with van der Waals surface area (Å²) in [6, 6.07) is 9.56. The molecule has 0 radical (unpaired) electrons. The summed E-state index contributed by atoms with van der Waals surface area (Å²) in [4.78, 5) is 42.7. The molecule has 0 bridgehead atoms. The number of carbonyl (C=O) groups is 3. The van der Waals surface area contributed by atoms with Crippen molar-refractivity contribution in [3.63, 3.8) is 0 Å². The van der Waals surface area contributed by atoms with Gasteiger partial charge in [-0.15, -0.1) is 11.3 Å².